The summed E-state index contributed by atoms with van der Waals surface area (Å²) in [5, 5.41) is 6.82. The number of rotatable bonds is 13. The quantitative estimate of drug-likeness (QED) is 0.307. The van der Waals surface area contributed by atoms with Gasteiger partial charge in [-0.3, -0.25) is 4.99 Å². The molecule has 5 nitrogen and oxygen atoms in total. The molecule has 0 aromatic carbocycles. The van der Waals surface area contributed by atoms with Gasteiger partial charge in [0.1, 0.15) is 0 Å². The molecule has 142 valence electrons. The third-order valence-electron chi connectivity index (χ3n) is 4.61. The normalized spacial score (nSPS) is 17.0. The minimum absolute atomic E-state index is 0.464. The van der Waals surface area contributed by atoms with Gasteiger partial charge in [-0.05, 0) is 50.4 Å². The number of hydrogen-bond acceptors (Lipinski definition) is 3. The van der Waals surface area contributed by atoms with Crippen LogP contribution in [0.4, 0.5) is 0 Å². The third-order valence-corrected chi connectivity index (χ3v) is 4.61. The van der Waals surface area contributed by atoms with Crippen molar-refractivity contribution in [2.75, 3.05) is 46.6 Å². The molecule has 1 saturated carbocycles. The van der Waals surface area contributed by atoms with Crippen LogP contribution in [0, 0.1) is 11.3 Å². The summed E-state index contributed by atoms with van der Waals surface area (Å²) in [7, 11) is 1.70. The van der Waals surface area contributed by atoms with Crippen LogP contribution in [-0.4, -0.2) is 52.5 Å². The Balaban J connectivity index is 2.24. The number of ether oxygens (including phenoxy) is 2. The summed E-state index contributed by atoms with van der Waals surface area (Å²) in [6, 6.07) is 0. The van der Waals surface area contributed by atoms with Gasteiger partial charge in [-0.25, -0.2) is 0 Å². The van der Waals surface area contributed by atoms with Gasteiger partial charge in [-0.1, -0.05) is 20.3 Å². The molecule has 0 unspecified atom stereocenters. The molecule has 5 heteroatoms. The molecule has 0 aliphatic heterocycles. The molecular formula is C19H39N3O2. The van der Waals surface area contributed by atoms with Gasteiger partial charge in [0.05, 0.1) is 13.2 Å². The van der Waals surface area contributed by atoms with Gasteiger partial charge in [0.15, 0.2) is 5.96 Å². The van der Waals surface area contributed by atoms with Crippen molar-refractivity contribution >= 4 is 5.96 Å². The van der Waals surface area contributed by atoms with Crippen molar-refractivity contribution in [3.8, 4) is 0 Å². The smallest absolute Gasteiger partial charge is 0.191 e. The van der Waals surface area contributed by atoms with Gasteiger partial charge in [0, 0.05) is 33.4 Å². The summed E-state index contributed by atoms with van der Waals surface area (Å²) in [6.07, 6.45) is 7.51. The number of aliphatic imine (C=N–C) groups is 1. The van der Waals surface area contributed by atoms with E-state index in [4.69, 9.17) is 14.5 Å². The second-order valence-electron chi connectivity index (χ2n) is 7.39. The zero-order chi connectivity index (χ0) is 17.7. The largest absolute Gasteiger partial charge is 0.382 e. The first-order valence-electron chi connectivity index (χ1n) is 9.71. The van der Waals surface area contributed by atoms with E-state index in [1.807, 2.05) is 0 Å². The molecule has 0 spiro atoms. The average Bonchev–Trinajstić information content (AvgIpc) is 2.51. The van der Waals surface area contributed by atoms with Crippen LogP contribution >= 0.6 is 0 Å². The van der Waals surface area contributed by atoms with Crippen LogP contribution in [0.3, 0.4) is 0 Å². The summed E-state index contributed by atoms with van der Waals surface area (Å²) in [5.41, 5.74) is 0.464. The minimum atomic E-state index is 0.464. The third kappa shape index (κ3) is 8.88. The van der Waals surface area contributed by atoms with Crippen LogP contribution in [0.1, 0.15) is 59.3 Å². The standard InChI is InChI=1S/C19H39N3O2/c1-5-20-18(21-11-6-7-12-24-14-13-23-4)22-16-19(9-8-10-19)15-17(2)3/h17H,5-16H2,1-4H3,(H2,20,21,22). The fourth-order valence-corrected chi connectivity index (χ4v) is 3.34. The van der Waals surface area contributed by atoms with Gasteiger partial charge in [-0.2, -0.15) is 0 Å². The number of methoxy groups -OCH3 is 1. The Kier molecular flexibility index (Phi) is 11.1. The Labute approximate surface area is 149 Å². The van der Waals surface area contributed by atoms with Crippen LogP contribution in [0.5, 0.6) is 0 Å². The Morgan fingerprint density at radius 2 is 1.92 bits per heavy atom. The minimum Gasteiger partial charge on any atom is -0.382 e. The molecule has 0 heterocycles. The second-order valence-corrected chi connectivity index (χ2v) is 7.39. The molecule has 1 fully saturated rings. The maximum Gasteiger partial charge on any atom is 0.191 e. The van der Waals surface area contributed by atoms with Crippen LogP contribution in [-0.2, 0) is 9.47 Å². The zero-order valence-corrected chi connectivity index (χ0v) is 16.3. The first kappa shape index (κ1) is 21.2. The molecule has 0 aromatic rings. The molecule has 24 heavy (non-hydrogen) atoms. The molecular weight excluding hydrogens is 302 g/mol. The maximum atomic E-state index is 5.48. The SMILES string of the molecule is CCNC(=NCC1(CC(C)C)CCC1)NCCCCOCCOC. The van der Waals surface area contributed by atoms with Gasteiger partial charge in [0.25, 0.3) is 0 Å². The lowest BCUT2D eigenvalue weighted by Crippen LogP contribution is -2.40. The van der Waals surface area contributed by atoms with E-state index >= 15 is 0 Å². The van der Waals surface area contributed by atoms with E-state index in [1.165, 1.54) is 25.7 Å². The summed E-state index contributed by atoms with van der Waals surface area (Å²) >= 11 is 0. The van der Waals surface area contributed by atoms with E-state index in [1.54, 1.807) is 7.11 Å². The van der Waals surface area contributed by atoms with Crippen molar-refractivity contribution in [1.82, 2.24) is 10.6 Å². The summed E-state index contributed by atoms with van der Waals surface area (Å²) < 4.78 is 10.4. The Hall–Kier alpha value is -0.810. The number of nitrogens with one attached hydrogen (secondary N) is 2. The highest BCUT2D eigenvalue weighted by molar-refractivity contribution is 5.79. The van der Waals surface area contributed by atoms with Crippen LogP contribution in [0.25, 0.3) is 0 Å². The van der Waals surface area contributed by atoms with Gasteiger partial charge < -0.3 is 20.1 Å². The van der Waals surface area contributed by atoms with E-state index in [0.717, 1.165) is 51.0 Å². The van der Waals surface area contributed by atoms with Crippen LogP contribution in [0.15, 0.2) is 4.99 Å². The van der Waals surface area contributed by atoms with Crippen molar-refractivity contribution in [3.63, 3.8) is 0 Å². The number of guanidine groups is 1. The maximum absolute atomic E-state index is 5.48. The number of hydrogen-bond donors (Lipinski definition) is 2. The average molecular weight is 342 g/mol. The lowest BCUT2D eigenvalue weighted by Gasteiger charge is -2.42. The summed E-state index contributed by atoms with van der Waals surface area (Å²) in [5.74, 6) is 1.72. The lowest BCUT2D eigenvalue weighted by atomic mass is 9.64. The zero-order valence-electron chi connectivity index (χ0n) is 16.3. The highest BCUT2D eigenvalue weighted by Crippen LogP contribution is 2.46. The van der Waals surface area contributed by atoms with E-state index in [0.29, 0.717) is 18.6 Å². The molecule has 0 bridgehead atoms. The van der Waals surface area contributed by atoms with E-state index < -0.39 is 0 Å². The first-order valence-corrected chi connectivity index (χ1v) is 9.71. The summed E-state index contributed by atoms with van der Waals surface area (Å²) in [4.78, 5) is 4.87. The van der Waals surface area contributed by atoms with Gasteiger partial charge >= 0.3 is 0 Å². The predicted molar refractivity (Wildman–Crippen MR) is 102 cm³/mol. The topological polar surface area (TPSA) is 54.9 Å². The molecule has 0 saturated heterocycles. The Morgan fingerprint density at radius 1 is 1.12 bits per heavy atom. The number of nitrogens with zero attached hydrogens (tertiary/aromatic N) is 1. The van der Waals surface area contributed by atoms with Crippen LogP contribution < -0.4 is 10.6 Å². The van der Waals surface area contributed by atoms with Gasteiger partial charge in [-0.15, -0.1) is 0 Å². The van der Waals surface area contributed by atoms with Crippen molar-refractivity contribution in [2.45, 2.75) is 59.3 Å². The predicted octanol–water partition coefficient (Wildman–Crippen LogP) is 3.20. The summed E-state index contributed by atoms with van der Waals surface area (Å²) in [6.45, 7) is 11.7. The lowest BCUT2D eigenvalue weighted by molar-refractivity contribution is 0.0689. The highest BCUT2D eigenvalue weighted by Gasteiger charge is 2.37. The molecule has 2 N–H and O–H groups in total. The fourth-order valence-electron chi connectivity index (χ4n) is 3.34. The van der Waals surface area contributed by atoms with E-state index in [9.17, 15) is 0 Å². The number of unbranched alkanes of at least 4 members (excludes halogenated alkanes) is 1. The molecule has 0 aromatic heterocycles. The molecule has 0 atom stereocenters. The highest BCUT2D eigenvalue weighted by atomic mass is 16.5. The van der Waals surface area contributed by atoms with Crippen molar-refractivity contribution < 1.29 is 9.47 Å². The Morgan fingerprint density at radius 3 is 2.50 bits per heavy atom. The molecule has 1 aliphatic carbocycles. The molecule has 0 radical (unpaired) electrons. The molecule has 1 aliphatic rings. The van der Waals surface area contributed by atoms with Crippen molar-refractivity contribution in [3.05, 3.63) is 0 Å². The Bertz CT molecular complexity index is 342. The van der Waals surface area contributed by atoms with E-state index in [2.05, 4.69) is 31.4 Å². The van der Waals surface area contributed by atoms with Crippen molar-refractivity contribution in [2.24, 2.45) is 16.3 Å². The van der Waals surface area contributed by atoms with Gasteiger partial charge in [0.2, 0.25) is 0 Å². The second kappa shape index (κ2) is 12.5. The monoisotopic (exact) mass is 341 g/mol. The molecule has 1 rings (SSSR count). The molecule has 0 amide bonds. The van der Waals surface area contributed by atoms with E-state index in [-0.39, 0.29) is 0 Å². The fraction of sp³-hybridized carbons (Fsp3) is 0.947. The first-order chi connectivity index (χ1) is 11.6. The van der Waals surface area contributed by atoms with Crippen LogP contribution in [0.2, 0.25) is 0 Å². The van der Waals surface area contributed by atoms with Crippen molar-refractivity contribution in [1.29, 1.82) is 0 Å².